The maximum atomic E-state index is 12.2. The molecule has 1 aromatic heterocycles. The largest absolute Gasteiger partial charge is 0.351 e. The number of rotatable bonds is 7. The quantitative estimate of drug-likeness (QED) is 0.521. The van der Waals surface area contributed by atoms with Crippen LogP contribution in [0.15, 0.2) is 55.1 Å². The number of aryl methyl sites for hydroxylation is 2. The summed E-state index contributed by atoms with van der Waals surface area (Å²) in [5.74, 6) is -0.232. The molecular formula is C22H21ClN2O2S. The molecule has 28 heavy (non-hydrogen) atoms. The molecule has 1 heterocycles. The number of carbonyl (C=O) groups excluding carboxylic acids is 2. The van der Waals surface area contributed by atoms with Crippen LogP contribution in [-0.2, 0) is 22.6 Å². The molecule has 0 spiro atoms. The van der Waals surface area contributed by atoms with Crippen LogP contribution >= 0.6 is 22.9 Å². The molecular weight excluding hydrogens is 392 g/mol. The molecule has 144 valence electrons. The standard InChI is InChI=1S/C22H21ClN2O2S/c1-3-21(26)25-17-8-4-15(5-9-17)6-11-22(27)24-13-20-14(2)18-12-16(23)7-10-19(18)28-20/h3-5,7-10,12H,1,6,11,13H2,2H3,(H,24,27)(H,25,26). The molecule has 0 saturated carbocycles. The van der Waals surface area contributed by atoms with Gasteiger partial charge in [-0.25, -0.2) is 0 Å². The van der Waals surface area contributed by atoms with E-state index in [-0.39, 0.29) is 11.8 Å². The fourth-order valence-corrected chi connectivity index (χ4v) is 4.19. The second-order valence-corrected chi connectivity index (χ2v) is 8.03. The van der Waals surface area contributed by atoms with Crippen molar-refractivity contribution in [3.63, 3.8) is 0 Å². The van der Waals surface area contributed by atoms with E-state index in [0.717, 1.165) is 20.8 Å². The molecule has 0 radical (unpaired) electrons. The van der Waals surface area contributed by atoms with Gasteiger partial charge in [0.2, 0.25) is 11.8 Å². The molecule has 0 aliphatic carbocycles. The number of amides is 2. The average molecular weight is 413 g/mol. The average Bonchev–Trinajstić information content (AvgIpc) is 3.01. The maximum Gasteiger partial charge on any atom is 0.247 e. The summed E-state index contributed by atoms with van der Waals surface area (Å²) in [7, 11) is 0. The number of anilines is 1. The predicted molar refractivity (Wildman–Crippen MR) is 117 cm³/mol. The first kappa shape index (κ1) is 20.1. The highest BCUT2D eigenvalue weighted by Gasteiger charge is 2.10. The Morgan fingerprint density at radius 2 is 1.93 bits per heavy atom. The monoisotopic (exact) mass is 412 g/mol. The number of thiophene rings is 1. The van der Waals surface area contributed by atoms with Crippen molar-refractivity contribution in [3.8, 4) is 0 Å². The molecule has 2 N–H and O–H groups in total. The third-order valence-corrected chi connectivity index (χ3v) is 6.00. The van der Waals surface area contributed by atoms with E-state index in [0.29, 0.717) is 25.1 Å². The summed E-state index contributed by atoms with van der Waals surface area (Å²) in [6.45, 7) is 6.00. The van der Waals surface area contributed by atoms with Gasteiger partial charge in [0.05, 0.1) is 6.54 Å². The third-order valence-electron chi connectivity index (χ3n) is 4.49. The van der Waals surface area contributed by atoms with Gasteiger partial charge < -0.3 is 10.6 Å². The Kier molecular flexibility index (Phi) is 6.49. The molecule has 6 heteroatoms. The van der Waals surface area contributed by atoms with Crippen LogP contribution in [0.3, 0.4) is 0 Å². The minimum Gasteiger partial charge on any atom is -0.351 e. The SMILES string of the molecule is C=CC(=O)Nc1ccc(CCC(=O)NCc2sc3ccc(Cl)cc3c2C)cc1. The van der Waals surface area contributed by atoms with Crippen LogP contribution in [0.25, 0.3) is 10.1 Å². The molecule has 4 nitrogen and oxygen atoms in total. The first-order valence-electron chi connectivity index (χ1n) is 8.93. The number of nitrogens with one attached hydrogen (secondary N) is 2. The van der Waals surface area contributed by atoms with E-state index in [9.17, 15) is 9.59 Å². The van der Waals surface area contributed by atoms with Crippen LogP contribution in [0.5, 0.6) is 0 Å². The van der Waals surface area contributed by atoms with Crippen molar-refractivity contribution >= 4 is 50.5 Å². The van der Waals surface area contributed by atoms with Crippen LogP contribution in [0, 0.1) is 6.92 Å². The fraction of sp³-hybridized carbons (Fsp3) is 0.182. The van der Waals surface area contributed by atoms with Gasteiger partial charge in [0.25, 0.3) is 0 Å². The molecule has 0 aliphatic heterocycles. The Hall–Kier alpha value is -2.63. The lowest BCUT2D eigenvalue weighted by Gasteiger charge is -2.06. The Bertz CT molecular complexity index is 1020. The predicted octanol–water partition coefficient (Wildman–Crippen LogP) is 5.24. The molecule has 0 atom stereocenters. The highest BCUT2D eigenvalue weighted by atomic mass is 35.5. The Balaban J connectivity index is 1.51. The summed E-state index contributed by atoms with van der Waals surface area (Å²) >= 11 is 7.76. The van der Waals surface area contributed by atoms with Gasteiger partial charge in [-0.05, 0) is 66.3 Å². The topological polar surface area (TPSA) is 58.2 Å². The third kappa shape index (κ3) is 5.00. The van der Waals surface area contributed by atoms with Gasteiger partial charge in [-0.2, -0.15) is 0 Å². The van der Waals surface area contributed by atoms with E-state index in [1.807, 2.05) is 42.5 Å². The number of carbonyl (C=O) groups is 2. The highest BCUT2D eigenvalue weighted by Crippen LogP contribution is 2.32. The Morgan fingerprint density at radius 1 is 1.18 bits per heavy atom. The number of fused-ring (bicyclic) bond motifs is 1. The van der Waals surface area contributed by atoms with Gasteiger partial charge in [0.15, 0.2) is 0 Å². The summed E-state index contributed by atoms with van der Waals surface area (Å²) in [6.07, 6.45) is 2.28. The first-order chi connectivity index (χ1) is 13.5. The van der Waals surface area contributed by atoms with Gasteiger partial charge in [-0.3, -0.25) is 9.59 Å². The zero-order valence-corrected chi connectivity index (χ0v) is 17.1. The maximum absolute atomic E-state index is 12.2. The Morgan fingerprint density at radius 3 is 2.64 bits per heavy atom. The number of hydrogen-bond donors (Lipinski definition) is 2. The van der Waals surface area contributed by atoms with Gasteiger partial charge in [-0.1, -0.05) is 30.3 Å². The van der Waals surface area contributed by atoms with Crippen molar-refractivity contribution < 1.29 is 9.59 Å². The molecule has 0 bridgehead atoms. The van der Waals surface area contributed by atoms with Crippen molar-refractivity contribution in [2.45, 2.75) is 26.3 Å². The van der Waals surface area contributed by atoms with Crippen LogP contribution in [0.4, 0.5) is 5.69 Å². The molecule has 0 unspecified atom stereocenters. The van der Waals surface area contributed by atoms with E-state index in [1.54, 1.807) is 11.3 Å². The second kappa shape index (κ2) is 9.04. The van der Waals surface area contributed by atoms with E-state index in [1.165, 1.54) is 16.3 Å². The summed E-state index contributed by atoms with van der Waals surface area (Å²) < 4.78 is 1.18. The minimum absolute atomic E-state index is 0.0129. The minimum atomic E-state index is -0.245. The zero-order valence-electron chi connectivity index (χ0n) is 15.5. The van der Waals surface area contributed by atoms with Crippen LogP contribution in [0.2, 0.25) is 5.02 Å². The fourth-order valence-electron chi connectivity index (χ4n) is 2.89. The molecule has 2 aromatic carbocycles. The molecule has 0 saturated heterocycles. The summed E-state index contributed by atoms with van der Waals surface area (Å²) in [5.41, 5.74) is 2.91. The van der Waals surface area contributed by atoms with Gasteiger partial charge >= 0.3 is 0 Å². The van der Waals surface area contributed by atoms with Crippen LogP contribution < -0.4 is 10.6 Å². The molecule has 0 fully saturated rings. The van der Waals surface area contributed by atoms with Gasteiger partial charge in [-0.15, -0.1) is 11.3 Å². The number of halogens is 1. The zero-order chi connectivity index (χ0) is 20.1. The second-order valence-electron chi connectivity index (χ2n) is 6.46. The molecule has 3 rings (SSSR count). The highest BCUT2D eigenvalue weighted by molar-refractivity contribution is 7.19. The van der Waals surface area contributed by atoms with Gasteiger partial charge in [0, 0.05) is 26.7 Å². The summed E-state index contributed by atoms with van der Waals surface area (Å²) in [5, 5.41) is 7.56. The van der Waals surface area contributed by atoms with E-state index in [4.69, 9.17) is 11.6 Å². The van der Waals surface area contributed by atoms with Crippen molar-refractivity contribution in [3.05, 3.63) is 76.1 Å². The number of hydrogen-bond acceptors (Lipinski definition) is 3. The Labute approximate surface area is 173 Å². The van der Waals surface area contributed by atoms with Crippen molar-refractivity contribution in [2.75, 3.05) is 5.32 Å². The van der Waals surface area contributed by atoms with Crippen LogP contribution in [0.1, 0.15) is 22.4 Å². The first-order valence-corrected chi connectivity index (χ1v) is 10.1. The van der Waals surface area contributed by atoms with Crippen molar-refractivity contribution in [1.29, 1.82) is 0 Å². The van der Waals surface area contributed by atoms with E-state index < -0.39 is 0 Å². The normalized spacial score (nSPS) is 10.6. The summed E-state index contributed by atoms with van der Waals surface area (Å²) in [6, 6.07) is 13.3. The van der Waals surface area contributed by atoms with E-state index >= 15 is 0 Å². The molecule has 2 amide bonds. The smallest absolute Gasteiger partial charge is 0.247 e. The van der Waals surface area contributed by atoms with Crippen molar-refractivity contribution in [2.24, 2.45) is 0 Å². The molecule has 0 aliphatic rings. The van der Waals surface area contributed by atoms with Crippen LogP contribution in [-0.4, -0.2) is 11.8 Å². The van der Waals surface area contributed by atoms with E-state index in [2.05, 4.69) is 24.1 Å². The lowest BCUT2D eigenvalue weighted by molar-refractivity contribution is -0.121. The summed E-state index contributed by atoms with van der Waals surface area (Å²) in [4.78, 5) is 24.7. The van der Waals surface area contributed by atoms with Crippen molar-refractivity contribution in [1.82, 2.24) is 5.32 Å². The van der Waals surface area contributed by atoms with Gasteiger partial charge in [0.1, 0.15) is 0 Å². The molecule has 3 aromatic rings. The lowest BCUT2D eigenvalue weighted by atomic mass is 10.1. The lowest BCUT2D eigenvalue weighted by Crippen LogP contribution is -2.22. The number of benzene rings is 2.